The molecule has 2 amide bonds. The molecule has 0 radical (unpaired) electrons. The van der Waals surface area contributed by atoms with Crippen LogP contribution in [-0.2, 0) is 16.0 Å². The lowest BCUT2D eigenvalue weighted by Gasteiger charge is -2.06. The summed E-state index contributed by atoms with van der Waals surface area (Å²) < 4.78 is 0. The number of nitrogens with zero attached hydrogens (tertiary/aromatic N) is 1. The number of carbonyl (C=O) groups is 2. The number of anilines is 1. The summed E-state index contributed by atoms with van der Waals surface area (Å²) in [5, 5.41) is 8.34. The van der Waals surface area contributed by atoms with Gasteiger partial charge in [-0.05, 0) is 37.2 Å². The molecule has 2 N–H and O–H groups in total. The summed E-state index contributed by atoms with van der Waals surface area (Å²) in [5.74, 6) is 0.404. The van der Waals surface area contributed by atoms with Crippen molar-refractivity contribution in [1.82, 2.24) is 10.3 Å². The third-order valence-corrected chi connectivity index (χ3v) is 5.33. The molecule has 27 heavy (non-hydrogen) atoms. The summed E-state index contributed by atoms with van der Waals surface area (Å²) in [4.78, 5) is 27.5. The van der Waals surface area contributed by atoms with Crippen molar-refractivity contribution in [1.29, 1.82) is 0 Å². The third kappa shape index (κ3) is 6.03. The fraction of sp³-hybridized carbons (Fsp3) is 0.381. The van der Waals surface area contributed by atoms with Crippen LogP contribution in [0.3, 0.4) is 0 Å². The molecule has 3 rings (SSSR count). The lowest BCUT2D eigenvalue weighted by molar-refractivity contribution is -0.119. The van der Waals surface area contributed by atoms with Gasteiger partial charge >= 0.3 is 0 Å². The molecule has 0 aliphatic heterocycles. The van der Waals surface area contributed by atoms with Crippen LogP contribution in [0.4, 0.5) is 5.13 Å². The molecule has 0 spiro atoms. The Morgan fingerprint density at radius 3 is 2.78 bits per heavy atom. The summed E-state index contributed by atoms with van der Waals surface area (Å²) >= 11 is 1.45. The Morgan fingerprint density at radius 1 is 1.26 bits per heavy atom. The monoisotopic (exact) mass is 383 g/mol. The molecule has 0 bridgehead atoms. The predicted octanol–water partition coefficient (Wildman–Crippen LogP) is 4.17. The third-order valence-electron chi connectivity index (χ3n) is 4.58. The number of amides is 2. The highest BCUT2D eigenvalue weighted by Crippen LogP contribution is 2.26. The molecule has 1 unspecified atom stereocenters. The number of allylic oxidation sites excluding steroid dienone is 2. The van der Waals surface area contributed by atoms with Crippen molar-refractivity contribution in [3.05, 3.63) is 47.4 Å². The number of nitrogens with one attached hydrogen (secondary N) is 2. The zero-order valence-electron chi connectivity index (χ0n) is 15.5. The summed E-state index contributed by atoms with van der Waals surface area (Å²) in [6.07, 6.45) is 8.78. The van der Waals surface area contributed by atoms with E-state index in [0.717, 1.165) is 36.9 Å². The van der Waals surface area contributed by atoms with Crippen molar-refractivity contribution < 1.29 is 9.59 Å². The molecule has 1 aromatic carbocycles. The first kappa shape index (κ1) is 19.3. The van der Waals surface area contributed by atoms with Crippen molar-refractivity contribution in [2.24, 2.45) is 5.92 Å². The van der Waals surface area contributed by atoms with Crippen LogP contribution in [0, 0.1) is 5.92 Å². The summed E-state index contributed by atoms with van der Waals surface area (Å²) in [6, 6.07) is 8.29. The van der Waals surface area contributed by atoms with Crippen molar-refractivity contribution in [3.63, 3.8) is 0 Å². The smallest absolute Gasteiger partial charge is 0.226 e. The molecule has 6 heteroatoms. The lowest BCUT2D eigenvalue weighted by atomic mass is 10.1. The Kier molecular flexibility index (Phi) is 6.76. The largest absolute Gasteiger partial charge is 0.356 e. The van der Waals surface area contributed by atoms with Gasteiger partial charge in [0, 0.05) is 30.8 Å². The zero-order valence-corrected chi connectivity index (χ0v) is 16.3. The lowest BCUT2D eigenvalue weighted by Crippen LogP contribution is -2.21. The molecule has 0 saturated carbocycles. The number of hydrogen-bond donors (Lipinski definition) is 2. The van der Waals surface area contributed by atoms with Crippen molar-refractivity contribution in [3.8, 4) is 11.3 Å². The molecule has 1 atom stereocenters. The van der Waals surface area contributed by atoms with Gasteiger partial charge in [0.25, 0.3) is 0 Å². The molecule has 2 aromatic rings. The topological polar surface area (TPSA) is 71.1 Å². The fourth-order valence-electron chi connectivity index (χ4n) is 3.14. The van der Waals surface area contributed by atoms with E-state index >= 15 is 0 Å². The van der Waals surface area contributed by atoms with Crippen LogP contribution < -0.4 is 10.6 Å². The Balaban J connectivity index is 1.50. The number of thiazole rings is 1. The average Bonchev–Trinajstić information content (AvgIpc) is 3.31. The number of rotatable bonds is 8. The van der Waals surface area contributed by atoms with Gasteiger partial charge in [0.1, 0.15) is 0 Å². The number of hydrogen-bond acceptors (Lipinski definition) is 4. The molecule has 1 heterocycles. The molecular weight excluding hydrogens is 358 g/mol. The van der Waals surface area contributed by atoms with Gasteiger partial charge in [0.05, 0.1) is 5.69 Å². The zero-order chi connectivity index (χ0) is 19.1. The van der Waals surface area contributed by atoms with Crippen LogP contribution in [0.1, 0.15) is 38.2 Å². The summed E-state index contributed by atoms with van der Waals surface area (Å²) in [6.45, 7) is 2.23. The van der Waals surface area contributed by atoms with Crippen LogP contribution >= 0.6 is 11.3 Å². The van der Waals surface area contributed by atoms with E-state index in [1.54, 1.807) is 0 Å². The van der Waals surface area contributed by atoms with Crippen molar-refractivity contribution in [2.45, 2.75) is 39.0 Å². The molecule has 0 saturated heterocycles. The Labute approximate surface area is 163 Å². The maximum Gasteiger partial charge on any atom is 0.226 e. The van der Waals surface area contributed by atoms with E-state index in [4.69, 9.17) is 0 Å². The number of benzene rings is 1. The minimum atomic E-state index is 0.0106. The van der Waals surface area contributed by atoms with E-state index in [9.17, 15) is 9.59 Å². The van der Waals surface area contributed by atoms with E-state index in [1.807, 2.05) is 5.38 Å². The molecule has 0 fully saturated rings. The molecule has 142 valence electrons. The minimum Gasteiger partial charge on any atom is -0.356 e. The first-order valence-corrected chi connectivity index (χ1v) is 10.2. The molecule has 5 nitrogen and oxygen atoms in total. The minimum absolute atomic E-state index is 0.0106. The SMILES string of the molecule is CC(=O)NCCCc1ccc(-c2csc(NC(=O)CC3C=CCC3)n2)cc1. The Hall–Kier alpha value is -2.47. The second kappa shape index (κ2) is 9.46. The maximum absolute atomic E-state index is 12.1. The van der Waals surface area contributed by atoms with Crippen LogP contribution in [-0.4, -0.2) is 23.3 Å². The van der Waals surface area contributed by atoms with Gasteiger partial charge in [-0.15, -0.1) is 11.3 Å². The fourth-order valence-corrected chi connectivity index (χ4v) is 3.87. The van der Waals surface area contributed by atoms with Crippen LogP contribution in [0.2, 0.25) is 0 Å². The van der Waals surface area contributed by atoms with E-state index in [-0.39, 0.29) is 11.8 Å². The quantitative estimate of drug-likeness (QED) is 0.531. The highest BCUT2D eigenvalue weighted by Gasteiger charge is 2.15. The van der Waals surface area contributed by atoms with E-state index < -0.39 is 0 Å². The van der Waals surface area contributed by atoms with Crippen molar-refractivity contribution in [2.75, 3.05) is 11.9 Å². The average molecular weight is 384 g/mol. The van der Waals surface area contributed by atoms with E-state index in [2.05, 4.69) is 52.0 Å². The van der Waals surface area contributed by atoms with Gasteiger partial charge in [-0.25, -0.2) is 4.98 Å². The maximum atomic E-state index is 12.1. The second-order valence-electron chi connectivity index (χ2n) is 6.84. The number of aromatic nitrogens is 1. The number of carbonyl (C=O) groups excluding carboxylic acids is 2. The standard InChI is InChI=1S/C21H25N3O2S/c1-15(25)22-12-4-7-16-8-10-18(11-9-16)19-14-27-21(23-19)24-20(26)13-17-5-2-3-6-17/h2,5,8-11,14,17H,3-4,6-7,12-13H2,1H3,(H,22,25)(H,23,24,26). The van der Waals surface area contributed by atoms with Crippen LogP contribution in [0.15, 0.2) is 41.8 Å². The van der Waals surface area contributed by atoms with Gasteiger partial charge in [0.2, 0.25) is 11.8 Å². The molecular formula is C21H25N3O2S. The highest BCUT2D eigenvalue weighted by molar-refractivity contribution is 7.14. The van der Waals surface area contributed by atoms with Crippen molar-refractivity contribution >= 4 is 28.3 Å². The number of aryl methyl sites for hydroxylation is 1. The van der Waals surface area contributed by atoms with Gasteiger partial charge < -0.3 is 10.6 Å². The van der Waals surface area contributed by atoms with Crippen LogP contribution in [0.25, 0.3) is 11.3 Å². The van der Waals surface area contributed by atoms with Gasteiger partial charge in [0.15, 0.2) is 5.13 Å². The summed E-state index contributed by atoms with van der Waals surface area (Å²) in [5.41, 5.74) is 3.15. The Morgan fingerprint density at radius 2 is 2.07 bits per heavy atom. The summed E-state index contributed by atoms with van der Waals surface area (Å²) in [7, 11) is 0. The van der Waals surface area contributed by atoms with Gasteiger partial charge in [-0.1, -0.05) is 36.4 Å². The normalized spacial score (nSPS) is 15.7. The predicted molar refractivity (Wildman–Crippen MR) is 110 cm³/mol. The molecule has 1 aliphatic rings. The highest BCUT2D eigenvalue weighted by atomic mass is 32.1. The van der Waals surface area contributed by atoms with E-state index in [0.29, 0.717) is 24.0 Å². The second-order valence-corrected chi connectivity index (χ2v) is 7.70. The van der Waals surface area contributed by atoms with Gasteiger partial charge in [-0.2, -0.15) is 0 Å². The van der Waals surface area contributed by atoms with Gasteiger partial charge in [-0.3, -0.25) is 9.59 Å². The molecule has 1 aromatic heterocycles. The first-order chi connectivity index (χ1) is 13.1. The molecule has 1 aliphatic carbocycles. The first-order valence-electron chi connectivity index (χ1n) is 9.36. The Bertz CT molecular complexity index is 811. The van der Waals surface area contributed by atoms with E-state index in [1.165, 1.54) is 23.8 Å². The van der Waals surface area contributed by atoms with Crippen LogP contribution in [0.5, 0.6) is 0 Å².